The van der Waals surface area contributed by atoms with E-state index in [1.807, 2.05) is 60.7 Å². The summed E-state index contributed by atoms with van der Waals surface area (Å²) in [6.45, 7) is 0. The summed E-state index contributed by atoms with van der Waals surface area (Å²) in [6.07, 6.45) is 2.46. The lowest BCUT2D eigenvalue weighted by Crippen LogP contribution is -2.16. The van der Waals surface area contributed by atoms with Crippen LogP contribution in [0.15, 0.2) is 81.1 Å². The molecule has 0 bridgehead atoms. The first kappa shape index (κ1) is 20.0. The molecule has 27 heavy (non-hydrogen) atoms. The minimum atomic E-state index is -1.13. The topological polar surface area (TPSA) is 103 Å². The Morgan fingerprint density at radius 3 is 2.52 bits per heavy atom. The summed E-state index contributed by atoms with van der Waals surface area (Å²) in [4.78, 5) is 5.15. The zero-order chi connectivity index (χ0) is 19.2. The van der Waals surface area contributed by atoms with Crippen LogP contribution in [0.25, 0.3) is 11.1 Å². The van der Waals surface area contributed by atoms with E-state index >= 15 is 0 Å². The monoisotopic (exact) mass is 459 g/mol. The minimum Gasteiger partial charge on any atom is -0.383 e. The van der Waals surface area contributed by atoms with E-state index in [4.69, 9.17) is 16.4 Å². The Morgan fingerprint density at radius 2 is 1.85 bits per heavy atom. The van der Waals surface area contributed by atoms with E-state index < -0.39 is 8.22 Å². The zero-order valence-electron chi connectivity index (χ0n) is 14.4. The first-order valence-electron chi connectivity index (χ1n) is 8.10. The average molecular weight is 460 g/mol. The molecule has 1 unspecified atom stereocenters. The number of hydrogen-bond acceptors (Lipinski definition) is 5. The van der Waals surface area contributed by atoms with Crippen molar-refractivity contribution in [2.45, 2.75) is 11.1 Å². The van der Waals surface area contributed by atoms with Crippen LogP contribution >= 0.6 is 36.1 Å². The molecule has 3 aromatic rings. The molecule has 0 spiro atoms. The minimum absolute atomic E-state index is 0.394. The van der Waals surface area contributed by atoms with Crippen molar-refractivity contribution >= 4 is 41.9 Å². The number of nitrogens with zero attached hydrogens (tertiary/aromatic N) is 2. The smallest absolute Gasteiger partial charge is 0.132 e. The molecule has 8 heteroatoms. The predicted molar refractivity (Wildman–Crippen MR) is 119 cm³/mol. The van der Waals surface area contributed by atoms with Crippen molar-refractivity contribution in [3.05, 3.63) is 82.6 Å². The maximum atomic E-state index is 6.38. The number of rotatable bonds is 6. The highest BCUT2D eigenvalue weighted by molar-refractivity contribution is 9.10. The van der Waals surface area contributed by atoms with Gasteiger partial charge < -0.3 is 5.73 Å². The zero-order valence-corrected chi connectivity index (χ0v) is 17.7. The summed E-state index contributed by atoms with van der Waals surface area (Å²) in [5.74, 6) is 0.394. The van der Waals surface area contributed by atoms with Crippen LogP contribution in [0.2, 0.25) is 0 Å². The maximum Gasteiger partial charge on any atom is 0.132 e. The van der Waals surface area contributed by atoms with Gasteiger partial charge in [-0.2, -0.15) is 0 Å². The van der Waals surface area contributed by atoms with Crippen LogP contribution in [0.3, 0.4) is 0 Å². The summed E-state index contributed by atoms with van der Waals surface area (Å²) in [5.41, 5.74) is 16.5. The van der Waals surface area contributed by atoms with Crippen LogP contribution in [0.4, 0.5) is 0 Å². The molecule has 6 N–H and O–H groups in total. The Balaban J connectivity index is 1.97. The molecule has 0 radical (unpaired) electrons. The summed E-state index contributed by atoms with van der Waals surface area (Å²) >= 11 is 4.50. The lowest BCUT2D eigenvalue weighted by atomic mass is 10.0. The lowest BCUT2D eigenvalue weighted by Gasteiger charge is -2.15. The average Bonchev–Trinajstić information content (AvgIpc) is 2.68. The van der Waals surface area contributed by atoms with Crippen LogP contribution in [-0.2, 0) is 6.16 Å². The first-order chi connectivity index (χ1) is 13.1. The van der Waals surface area contributed by atoms with Crippen LogP contribution < -0.4 is 16.4 Å². The molecule has 0 aliphatic carbocycles. The SMILES string of the molecule is NSc1cccc(-c2ccc(Br)nc2)c1/C(N)=N/P(N)Cc1ccccc1. The summed E-state index contributed by atoms with van der Waals surface area (Å²) < 4.78 is 5.36. The normalized spacial score (nSPS) is 12.8. The van der Waals surface area contributed by atoms with Gasteiger partial charge in [-0.25, -0.2) is 9.75 Å². The van der Waals surface area contributed by atoms with Crippen molar-refractivity contribution in [3.63, 3.8) is 0 Å². The molecule has 3 rings (SSSR count). The van der Waals surface area contributed by atoms with E-state index in [0.717, 1.165) is 43.7 Å². The van der Waals surface area contributed by atoms with Crippen LogP contribution in [0, 0.1) is 0 Å². The molecule has 0 amide bonds. The Hall–Kier alpha value is -1.76. The number of amidine groups is 1. The molecule has 0 aliphatic rings. The van der Waals surface area contributed by atoms with Crippen molar-refractivity contribution < 1.29 is 0 Å². The van der Waals surface area contributed by atoms with Crippen LogP contribution in [-0.4, -0.2) is 10.8 Å². The summed E-state index contributed by atoms with van der Waals surface area (Å²) in [5, 5.41) is 5.87. The molecule has 0 saturated carbocycles. The van der Waals surface area contributed by atoms with Gasteiger partial charge >= 0.3 is 0 Å². The molecule has 1 heterocycles. The van der Waals surface area contributed by atoms with Gasteiger partial charge in [0.05, 0.1) is 8.22 Å². The molecule has 1 atom stereocenters. The van der Waals surface area contributed by atoms with Crippen molar-refractivity contribution in [1.29, 1.82) is 0 Å². The van der Waals surface area contributed by atoms with Gasteiger partial charge in [0.25, 0.3) is 0 Å². The molecule has 2 aromatic carbocycles. The molecule has 0 saturated heterocycles. The lowest BCUT2D eigenvalue weighted by molar-refractivity contribution is 1.27. The van der Waals surface area contributed by atoms with Gasteiger partial charge in [0.1, 0.15) is 10.4 Å². The van der Waals surface area contributed by atoms with Crippen molar-refractivity contribution in [2.75, 3.05) is 0 Å². The van der Waals surface area contributed by atoms with Gasteiger partial charge in [-0.3, -0.25) is 10.6 Å². The maximum absolute atomic E-state index is 6.38. The van der Waals surface area contributed by atoms with Gasteiger partial charge in [-0.15, -0.1) is 0 Å². The Labute approximate surface area is 172 Å². The van der Waals surface area contributed by atoms with E-state index in [0.29, 0.717) is 12.0 Å². The van der Waals surface area contributed by atoms with Gasteiger partial charge in [0, 0.05) is 28.4 Å². The molecule has 5 nitrogen and oxygen atoms in total. The highest BCUT2D eigenvalue weighted by Crippen LogP contribution is 2.36. The van der Waals surface area contributed by atoms with E-state index in [-0.39, 0.29) is 0 Å². The third-order valence-corrected chi connectivity index (χ3v) is 6.10. The number of pyridine rings is 1. The van der Waals surface area contributed by atoms with E-state index in [1.54, 1.807) is 6.20 Å². The van der Waals surface area contributed by atoms with Gasteiger partial charge in [-0.05, 0) is 51.1 Å². The number of aromatic nitrogens is 1. The standard InChI is InChI=1S/C19H19BrN5PS/c20-17-10-9-14(11-24-17)15-7-4-8-16(27-23)18(15)19(21)25-26(22)12-13-5-2-1-3-6-13/h1-11H,12,22-23H2,(H2,21,25). The van der Waals surface area contributed by atoms with Gasteiger partial charge in [0.15, 0.2) is 0 Å². The summed E-state index contributed by atoms with van der Waals surface area (Å²) in [6, 6.07) is 19.8. The van der Waals surface area contributed by atoms with Crippen molar-refractivity contribution in [2.24, 2.45) is 21.1 Å². The first-order valence-corrected chi connectivity index (χ1v) is 11.3. The quantitative estimate of drug-likeness (QED) is 0.163. The molecule has 0 fully saturated rings. The Morgan fingerprint density at radius 1 is 1.07 bits per heavy atom. The second kappa shape index (κ2) is 9.44. The Kier molecular flexibility index (Phi) is 6.99. The third kappa shape index (κ3) is 5.15. The van der Waals surface area contributed by atoms with E-state index in [9.17, 15) is 0 Å². The number of benzene rings is 2. The fourth-order valence-corrected chi connectivity index (χ4v) is 4.42. The van der Waals surface area contributed by atoms with Crippen molar-refractivity contribution in [1.82, 2.24) is 4.98 Å². The fraction of sp³-hybridized carbons (Fsp3) is 0.0526. The molecule has 0 aliphatic heterocycles. The number of halogens is 1. The second-order valence-electron chi connectivity index (χ2n) is 5.73. The highest BCUT2D eigenvalue weighted by atomic mass is 79.9. The largest absolute Gasteiger partial charge is 0.383 e. The molecular formula is C19H19BrN5PS. The number of nitrogens with two attached hydrogens (primary N) is 3. The highest BCUT2D eigenvalue weighted by Gasteiger charge is 2.15. The fourth-order valence-electron chi connectivity index (χ4n) is 2.66. The van der Waals surface area contributed by atoms with Crippen molar-refractivity contribution in [3.8, 4) is 11.1 Å². The van der Waals surface area contributed by atoms with E-state index in [2.05, 4.69) is 25.7 Å². The second-order valence-corrected chi connectivity index (χ2v) is 8.62. The molecule has 1 aromatic heterocycles. The van der Waals surface area contributed by atoms with E-state index in [1.165, 1.54) is 0 Å². The third-order valence-electron chi connectivity index (χ3n) is 3.87. The summed E-state index contributed by atoms with van der Waals surface area (Å²) in [7, 11) is -1.13. The molecule has 138 valence electrons. The predicted octanol–water partition coefficient (Wildman–Crippen LogP) is 4.65. The molecular weight excluding hydrogens is 441 g/mol. The Bertz CT molecular complexity index is 935. The van der Waals surface area contributed by atoms with Gasteiger partial charge in [-0.1, -0.05) is 48.5 Å². The van der Waals surface area contributed by atoms with Crippen LogP contribution in [0.1, 0.15) is 11.1 Å². The van der Waals surface area contributed by atoms with Crippen LogP contribution in [0.5, 0.6) is 0 Å². The van der Waals surface area contributed by atoms with Gasteiger partial charge in [0.2, 0.25) is 0 Å². The number of hydrogen-bond donors (Lipinski definition) is 3.